The number of carbonyl (C=O) groups is 3. The monoisotopic (exact) mass is 679 g/mol. The Labute approximate surface area is 288 Å². The molecular formula is C36H37N7O7. The second-order valence-corrected chi connectivity index (χ2v) is 12.5. The van der Waals surface area contributed by atoms with Crippen LogP contribution in [0.25, 0.3) is 22.0 Å². The van der Waals surface area contributed by atoms with E-state index in [1.54, 1.807) is 29.3 Å². The Kier molecular flexibility index (Phi) is 9.90. The van der Waals surface area contributed by atoms with Crippen molar-refractivity contribution in [2.24, 2.45) is 0 Å². The van der Waals surface area contributed by atoms with Gasteiger partial charge in [0, 0.05) is 24.0 Å². The Morgan fingerprint density at radius 3 is 2.26 bits per heavy atom. The number of carbonyl (C=O) groups excluding carboxylic acids is 3. The van der Waals surface area contributed by atoms with Crippen LogP contribution in [0.2, 0.25) is 0 Å². The molecule has 1 fully saturated rings. The van der Waals surface area contributed by atoms with E-state index in [-0.39, 0.29) is 29.4 Å². The molecule has 3 N–H and O–H groups in total. The molecule has 0 atom stereocenters. The summed E-state index contributed by atoms with van der Waals surface area (Å²) in [5.41, 5.74) is 3.32. The van der Waals surface area contributed by atoms with Crippen molar-refractivity contribution in [2.45, 2.75) is 32.8 Å². The number of oxazole rings is 1. The molecule has 14 nitrogen and oxygen atoms in total. The number of rotatable bonds is 8. The van der Waals surface area contributed by atoms with Gasteiger partial charge in [0.25, 0.3) is 5.91 Å². The van der Waals surface area contributed by atoms with E-state index in [1.165, 1.54) is 25.9 Å². The first-order valence-corrected chi connectivity index (χ1v) is 15.9. The van der Waals surface area contributed by atoms with Crippen LogP contribution in [-0.2, 0) is 21.5 Å². The maximum Gasteiger partial charge on any atom is 0.412 e. The van der Waals surface area contributed by atoms with Gasteiger partial charge in [0.15, 0.2) is 24.5 Å². The zero-order chi connectivity index (χ0) is 35.3. The highest BCUT2D eigenvalue weighted by Gasteiger charge is 2.23. The maximum absolute atomic E-state index is 13.5. The third-order valence-electron chi connectivity index (χ3n) is 8.09. The van der Waals surface area contributed by atoms with Gasteiger partial charge in [0.2, 0.25) is 0 Å². The minimum absolute atomic E-state index is 0.111. The van der Waals surface area contributed by atoms with Crippen molar-refractivity contribution in [1.29, 1.82) is 0 Å². The third-order valence-corrected chi connectivity index (χ3v) is 8.09. The molecule has 1 aliphatic heterocycles. The molecule has 2 aromatic heterocycles. The molecule has 1 aliphatic rings. The Morgan fingerprint density at radius 1 is 0.880 bits per heavy atom. The zero-order valence-electron chi connectivity index (χ0n) is 28.1. The standard InChI is InChI=1S/C36H37N7O7/c1-36(2,3)22-15-28(32(47-4)29(16-22)42-35(46)49-20-23-17-37-21-50-23)41-34(45)40-27-10-9-26(24-7-5-6-8-25(24)27)30-18-39-31(19-38-30)33(44)43-11-13-48-14-12-43/h5-10,15-19,21H,11-14,20H2,1-4H3,(H,42,46)(H2,40,41,45). The molecule has 0 radical (unpaired) electrons. The summed E-state index contributed by atoms with van der Waals surface area (Å²) in [6, 6.07) is 14.3. The molecule has 50 heavy (non-hydrogen) atoms. The number of morpholine rings is 1. The highest BCUT2D eigenvalue weighted by molar-refractivity contribution is 6.10. The summed E-state index contributed by atoms with van der Waals surface area (Å²) in [4.78, 5) is 53.6. The van der Waals surface area contributed by atoms with Crippen LogP contribution in [0.4, 0.5) is 26.7 Å². The van der Waals surface area contributed by atoms with Crippen molar-refractivity contribution in [3.8, 4) is 17.0 Å². The number of urea groups is 1. The summed E-state index contributed by atoms with van der Waals surface area (Å²) in [5, 5.41) is 10.1. The van der Waals surface area contributed by atoms with Crippen LogP contribution >= 0.6 is 0 Å². The summed E-state index contributed by atoms with van der Waals surface area (Å²) in [7, 11) is 1.44. The van der Waals surface area contributed by atoms with E-state index in [1.807, 2.05) is 51.1 Å². The van der Waals surface area contributed by atoms with E-state index in [4.69, 9.17) is 18.6 Å². The van der Waals surface area contributed by atoms with E-state index < -0.39 is 12.1 Å². The Morgan fingerprint density at radius 2 is 1.60 bits per heavy atom. The molecule has 0 saturated carbocycles. The molecule has 0 bridgehead atoms. The van der Waals surface area contributed by atoms with Crippen molar-refractivity contribution < 1.29 is 33.0 Å². The van der Waals surface area contributed by atoms with Crippen LogP contribution in [0.15, 0.2) is 77.9 Å². The van der Waals surface area contributed by atoms with Crippen molar-refractivity contribution in [3.05, 3.63) is 90.5 Å². The number of ether oxygens (including phenoxy) is 3. The average Bonchev–Trinajstić information content (AvgIpc) is 3.65. The smallest absolute Gasteiger partial charge is 0.412 e. The number of benzene rings is 3. The van der Waals surface area contributed by atoms with Crippen LogP contribution in [0, 0.1) is 0 Å². The highest BCUT2D eigenvalue weighted by Crippen LogP contribution is 2.39. The van der Waals surface area contributed by atoms with Gasteiger partial charge in [-0.25, -0.2) is 19.6 Å². The van der Waals surface area contributed by atoms with Crippen LogP contribution in [0.5, 0.6) is 5.75 Å². The molecule has 0 spiro atoms. The lowest BCUT2D eigenvalue weighted by molar-refractivity contribution is 0.0298. The zero-order valence-corrected chi connectivity index (χ0v) is 28.1. The summed E-state index contributed by atoms with van der Waals surface area (Å²) in [6.45, 7) is 7.96. The molecule has 0 unspecified atom stereocenters. The van der Waals surface area contributed by atoms with Crippen molar-refractivity contribution in [2.75, 3.05) is 49.4 Å². The topological polar surface area (TPSA) is 170 Å². The SMILES string of the molecule is COc1c(NC(=O)Nc2ccc(-c3cnc(C(=O)N4CCOCC4)cn3)c3ccccc23)cc(C(C)(C)C)cc1NC(=O)OCc1cnco1. The van der Waals surface area contributed by atoms with Crippen LogP contribution in [0.1, 0.15) is 42.6 Å². The molecule has 3 heterocycles. The Bertz CT molecular complexity index is 2000. The number of nitrogens with one attached hydrogen (secondary N) is 3. The van der Waals surface area contributed by atoms with E-state index in [9.17, 15) is 14.4 Å². The minimum Gasteiger partial charge on any atom is -0.492 e. The third kappa shape index (κ3) is 7.65. The van der Waals surface area contributed by atoms with Crippen molar-refractivity contribution in [3.63, 3.8) is 0 Å². The highest BCUT2D eigenvalue weighted by atomic mass is 16.6. The molecule has 3 aromatic carbocycles. The largest absolute Gasteiger partial charge is 0.492 e. The number of aromatic nitrogens is 3. The fraction of sp³-hybridized carbons (Fsp3) is 0.278. The first-order valence-electron chi connectivity index (χ1n) is 15.9. The number of fused-ring (bicyclic) bond motifs is 1. The summed E-state index contributed by atoms with van der Waals surface area (Å²) in [6.07, 6.45) is 5.03. The fourth-order valence-electron chi connectivity index (χ4n) is 5.48. The lowest BCUT2D eigenvalue weighted by Gasteiger charge is -2.26. The van der Waals surface area contributed by atoms with Crippen molar-refractivity contribution >= 4 is 45.9 Å². The lowest BCUT2D eigenvalue weighted by atomic mass is 9.86. The molecule has 0 aliphatic carbocycles. The summed E-state index contributed by atoms with van der Waals surface area (Å²) < 4.78 is 21.4. The van der Waals surface area contributed by atoms with Gasteiger partial charge in [-0.2, -0.15) is 0 Å². The number of amides is 4. The molecular weight excluding hydrogens is 642 g/mol. The van der Waals surface area contributed by atoms with E-state index in [2.05, 4.69) is 30.9 Å². The van der Waals surface area contributed by atoms with Gasteiger partial charge >= 0.3 is 12.1 Å². The molecule has 4 amide bonds. The molecule has 14 heteroatoms. The van der Waals surface area contributed by atoms with Crippen LogP contribution in [-0.4, -0.2) is 71.3 Å². The maximum atomic E-state index is 13.5. The molecule has 1 saturated heterocycles. The molecule has 6 rings (SSSR count). The Hall–Kier alpha value is -6.02. The quantitative estimate of drug-likeness (QED) is 0.165. The molecule has 258 valence electrons. The first kappa shape index (κ1) is 33.9. The first-order chi connectivity index (χ1) is 24.1. The van der Waals surface area contributed by atoms with Gasteiger partial charge in [0.1, 0.15) is 5.69 Å². The van der Waals surface area contributed by atoms with E-state index in [0.29, 0.717) is 54.8 Å². The number of anilines is 3. The normalized spacial score (nSPS) is 13.1. The number of hydrogen-bond acceptors (Lipinski definition) is 10. The van der Waals surface area contributed by atoms with Crippen LogP contribution < -0.4 is 20.7 Å². The molecule has 5 aromatic rings. The average molecular weight is 680 g/mol. The van der Waals surface area contributed by atoms with Gasteiger partial charge in [-0.1, -0.05) is 51.1 Å². The lowest BCUT2D eigenvalue weighted by Crippen LogP contribution is -2.41. The Balaban J connectivity index is 1.22. The number of methoxy groups -OCH3 is 1. The predicted octanol–water partition coefficient (Wildman–Crippen LogP) is 6.46. The van der Waals surface area contributed by atoms with E-state index in [0.717, 1.165) is 21.9 Å². The van der Waals surface area contributed by atoms with Crippen molar-refractivity contribution in [1.82, 2.24) is 19.9 Å². The second kappa shape index (κ2) is 14.6. The van der Waals surface area contributed by atoms with Gasteiger partial charge in [-0.3, -0.25) is 15.1 Å². The summed E-state index contributed by atoms with van der Waals surface area (Å²) >= 11 is 0. The number of nitrogens with zero attached hydrogens (tertiary/aromatic N) is 4. The summed E-state index contributed by atoms with van der Waals surface area (Å²) in [5.74, 6) is 0.439. The van der Waals surface area contributed by atoms with Gasteiger partial charge in [-0.15, -0.1) is 0 Å². The fourth-order valence-corrected chi connectivity index (χ4v) is 5.48. The van der Waals surface area contributed by atoms with Gasteiger partial charge in [0.05, 0.1) is 61.7 Å². The van der Waals surface area contributed by atoms with Gasteiger partial charge < -0.3 is 34.2 Å². The second-order valence-electron chi connectivity index (χ2n) is 12.5. The number of hydrogen-bond donors (Lipinski definition) is 3. The van der Waals surface area contributed by atoms with E-state index >= 15 is 0 Å². The minimum atomic E-state index is -0.740. The van der Waals surface area contributed by atoms with Crippen LogP contribution in [0.3, 0.4) is 0 Å². The van der Waals surface area contributed by atoms with Gasteiger partial charge in [-0.05, 0) is 34.6 Å². The predicted molar refractivity (Wildman–Crippen MR) is 186 cm³/mol.